The highest BCUT2D eigenvalue weighted by atomic mass is 19.4. The quantitative estimate of drug-likeness (QED) is 0.524. The number of rotatable bonds is 9. The van der Waals surface area contributed by atoms with Crippen LogP contribution in [-0.4, -0.2) is 60.5 Å². The van der Waals surface area contributed by atoms with E-state index < -0.39 is 17.7 Å². The highest BCUT2D eigenvalue weighted by Gasteiger charge is 2.38. The minimum atomic E-state index is -4.91. The summed E-state index contributed by atoms with van der Waals surface area (Å²) in [5.74, 6) is -1.15. The Balaban J connectivity index is 1.43. The fourth-order valence-electron chi connectivity index (χ4n) is 4.09. The number of halogens is 3. The van der Waals surface area contributed by atoms with Crippen LogP contribution in [0.5, 0.6) is 5.75 Å². The molecule has 2 aromatic carbocycles. The van der Waals surface area contributed by atoms with Gasteiger partial charge in [-0.15, -0.1) is 0 Å². The molecule has 0 unspecified atom stereocenters. The normalized spacial score (nSPS) is 16.2. The van der Waals surface area contributed by atoms with E-state index in [4.69, 9.17) is 4.74 Å². The molecular weight excluding hydrogens is 459 g/mol. The van der Waals surface area contributed by atoms with Gasteiger partial charge in [0.15, 0.2) is 0 Å². The highest BCUT2D eigenvalue weighted by molar-refractivity contribution is 5.94. The van der Waals surface area contributed by atoms with Crippen LogP contribution in [-0.2, 0) is 11.3 Å². The standard InChI is InChI=1S/C26H34F3N3O3/c1-19(2)35-23-10-8-22(9-11-23)31(3)15-12-25(34)13-16-32(17-14-25)18-20-4-6-21(7-5-20)30-24(33)26(27,28)29/h4-11,19,34H,12-18H2,1-3H3,(H,30,33). The van der Waals surface area contributed by atoms with Crippen LogP contribution in [0.4, 0.5) is 24.5 Å². The smallest absolute Gasteiger partial charge is 0.471 e. The number of nitrogens with one attached hydrogen (secondary N) is 1. The molecule has 1 amide bonds. The molecule has 1 fully saturated rings. The molecule has 1 saturated heterocycles. The van der Waals surface area contributed by atoms with Crippen molar-refractivity contribution in [3.8, 4) is 5.75 Å². The van der Waals surface area contributed by atoms with Gasteiger partial charge in [-0.3, -0.25) is 9.69 Å². The fraction of sp³-hybridized carbons (Fsp3) is 0.500. The number of ether oxygens (including phenoxy) is 1. The largest absolute Gasteiger partial charge is 0.491 e. The van der Waals surface area contributed by atoms with Crippen molar-refractivity contribution < 1.29 is 27.8 Å². The predicted molar refractivity (Wildman–Crippen MR) is 131 cm³/mol. The van der Waals surface area contributed by atoms with Gasteiger partial charge in [0.25, 0.3) is 0 Å². The number of hydrogen-bond donors (Lipinski definition) is 2. The lowest BCUT2D eigenvalue weighted by Gasteiger charge is -2.39. The monoisotopic (exact) mass is 493 g/mol. The highest BCUT2D eigenvalue weighted by Crippen LogP contribution is 2.28. The zero-order valence-electron chi connectivity index (χ0n) is 20.4. The molecule has 192 valence electrons. The first-order valence-corrected chi connectivity index (χ1v) is 11.8. The Labute approximate surface area is 204 Å². The first kappa shape index (κ1) is 26.8. The average Bonchev–Trinajstić information content (AvgIpc) is 2.80. The molecule has 0 spiro atoms. The zero-order valence-corrected chi connectivity index (χ0v) is 20.4. The molecule has 1 heterocycles. The molecule has 1 aliphatic rings. The van der Waals surface area contributed by atoms with Gasteiger partial charge in [0.05, 0.1) is 11.7 Å². The van der Waals surface area contributed by atoms with Crippen molar-refractivity contribution in [1.29, 1.82) is 0 Å². The number of carbonyl (C=O) groups is 1. The van der Waals surface area contributed by atoms with Gasteiger partial charge in [0.2, 0.25) is 0 Å². The average molecular weight is 494 g/mol. The number of likely N-dealkylation sites (tertiary alicyclic amines) is 1. The van der Waals surface area contributed by atoms with Crippen molar-refractivity contribution in [2.24, 2.45) is 0 Å². The van der Waals surface area contributed by atoms with E-state index in [-0.39, 0.29) is 11.8 Å². The number of nitrogens with zero attached hydrogens (tertiary/aromatic N) is 2. The second kappa shape index (κ2) is 11.3. The van der Waals surface area contributed by atoms with Crippen LogP contribution in [0.2, 0.25) is 0 Å². The molecule has 2 aromatic rings. The molecule has 9 heteroatoms. The van der Waals surface area contributed by atoms with Crippen LogP contribution in [0.3, 0.4) is 0 Å². The van der Waals surface area contributed by atoms with Crippen LogP contribution in [0.25, 0.3) is 0 Å². The van der Waals surface area contributed by atoms with Crippen LogP contribution >= 0.6 is 0 Å². The summed E-state index contributed by atoms with van der Waals surface area (Å²) in [6.45, 7) is 6.80. The summed E-state index contributed by atoms with van der Waals surface area (Å²) in [5, 5.41) is 12.9. The Morgan fingerprint density at radius 2 is 1.71 bits per heavy atom. The molecule has 0 bridgehead atoms. The van der Waals surface area contributed by atoms with E-state index in [1.54, 1.807) is 12.1 Å². The number of carbonyl (C=O) groups excluding carboxylic acids is 1. The van der Waals surface area contributed by atoms with Crippen LogP contribution in [0.1, 0.15) is 38.7 Å². The molecule has 35 heavy (non-hydrogen) atoms. The summed E-state index contributed by atoms with van der Waals surface area (Å²) in [4.78, 5) is 15.4. The number of amides is 1. The summed E-state index contributed by atoms with van der Waals surface area (Å²) < 4.78 is 42.8. The first-order valence-electron chi connectivity index (χ1n) is 11.8. The Kier molecular flexibility index (Phi) is 8.66. The Hall–Kier alpha value is -2.78. The molecule has 0 aliphatic carbocycles. The van der Waals surface area contributed by atoms with Crippen LogP contribution in [0, 0.1) is 0 Å². The maximum atomic E-state index is 12.4. The maximum Gasteiger partial charge on any atom is 0.471 e. The van der Waals surface area contributed by atoms with Crippen molar-refractivity contribution in [2.45, 2.75) is 57.5 Å². The SMILES string of the molecule is CC(C)Oc1ccc(N(C)CCC2(O)CCN(Cc3ccc(NC(=O)C(F)(F)F)cc3)CC2)cc1. The van der Waals surface area contributed by atoms with Gasteiger partial charge in [-0.1, -0.05) is 12.1 Å². The van der Waals surface area contributed by atoms with E-state index >= 15 is 0 Å². The first-order chi connectivity index (χ1) is 16.4. The molecule has 0 aromatic heterocycles. The van der Waals surface area contributed by atoms with E-state index in [0.717, 1.165) is 36.6 Å². The van der Waals surface area contributed by atoms with E-state index in [9.17, 15) is 23.1 Å². The fourth-order valence-corrected chi connectivity index (χ4v) is 4.09. The summed E-state index contributed by atoms with van der Waals surface area (Å²) in [7, 11) is 2.01. The predicted octanol–water partition coefficient (Wildman–Crippen LogP) is 4.83. The van der Waals surface area contributed by atoms with E-state index in [1.165, 1.54) is 12.1 Å². The second-order valence-electron chi connectivity index (χ2n) is 9.48. The van der Waals surface area contributed by atoms with Crippen molar-refractivity contribution in [2.75, 3.05) is 36.9 Å². The lowest BCUT2D eigenvalue weighted by molar-refractivity contribution is -0.167. The van der Waals surface area contributed by atoms with E-state index in [2.05, 4.69) is 9.80 Å². The molecular formula is C26H34F3N3O3. The van der Waals surface area contributed by atoms with Crippen molar-refractivity contribution >= 4 is 17.3 Å². The molecule has 6 nitrogen and oxygen atoms in total. The third kappa shape index (κ3) is 8.14. The summed E-state index contributed by atoms with van der Waals surface area (Å²) >= 11 is 0. The van der Waals surface area contributed by atoms with Crippen molar-refractivity contribution in [3.63, 3.8) is 0 Å². The Morgan fingerprint density at radius 1 is 1.11 bits per heavy atom. The second-order valence-corrected chi connectivity index (χ2v) is 9.48. The Bertz CT molecular complexity index is 955. The van der Waals surface area contributed by atoms with Gasteiger partial charge in [-0.05, 0) is 75.1 Å². The van der Waals surface area contributed by atoms with Gasteiger partial charge >= 0.3 is 12.1 Å². The van der Waals surface area contributed by atoms with Gasteiger partial charge in [0.1, 0.15) is 5.75 Å². The summed E-state index contributed by atoms with van der Waals surface area (Å²) in [5.41, 5.74) is 1.38. The molecule has 0 atom stereocenters. The molecule has 0 radical (unpaired) electrons. The number of piperidine rings is 1. The number of aliphatic hydroxyl groups is 1. The minimum absolute atomic E-state index is 0.107. The number of alkyl halides is 3. The maximum absolute atomic E-state index is 12.4. The number of hydrogen-bond acceptors (Lipinski definition) is 5. The summed E-state index contributed by atoms with van der Waals surface area (Å²) in [6.07, 6.45) is -2.81. The summed E-state index contributed by atoms with van der Waals surface area (Å²) in [6, 6.07) is 14.3. The molecule has 2 N–H and O–H groups in total. The lowest BCUT2D eigenvalue weighted by atomic mass is 9.88. The molecule has 0 saturated carbocycles. The molecule has 3 rings (SSSR count). The van der Waals surface area contributed by atoms with Crippen molar-refractivity contribution in [1.82, 2.24) is 4.90 Å². The number of benzene rings is 2. The topological polar surface area (TPSA) is 65.0 Å². The van der Waals surface area contributed by atoms with E-state index in [0.29, 0.717) is 25.8 Å². The zero-order chi connectivity index (χ0) is 25.6. The van der Waals surface area contributed by atoms with Gasteiger partial charge in [-0.2, -0.15) is 13.2 Å². The van der Waals surface area contributed by atoms with Crippen LogP contribution in [0.15, 0.2) is 48.5 Å². The number of anilines is 2. The third-order valence-corrected chi connectivity index (χ3v) is 6.22. The van der Waals surface area contributed by atoms with E-state index in [1.807, 2.05) is 50.5 Å². The minimum Gasteiger partial charge on any atom is -0.491 e. The lowest BCUT2D eigenvalue weighted by Crippen LogP contribution is -2.45. The van der Waals surface area contributed by atoms with Crippen molar-refractivity contribution in [3.05, 3.63) is 54.1 Å². The van der Waals surface area contributed by atoms with Crippen LogP contribution < -0.4 is 15.0 Å². The Morgan fingerprint density at radius 3 is 2.26 bits per heavy atom. The van der Waals surface area contributed by atoms with Gasteiger partial charge in [0, 0.05) is 44.6 Å². The third-order valence-electron chi connectivity index (χ3n) is 6.22. The van der Waals surface area contributed by atoms with Gasteiger partial charge in [-0.25, -0.2) is 0 Å². The molecule has 1 aliphatic heterocycles. The van der Waals surface area contributed by atoms with Gasteiger partial charge < -0.3 is 20.1 Å².